The summed E-state index contributed by atoms with van der Waals surface area (Å²) < 4.78 is 0. The van der Waals surface area contributed by atoms with E-state index in [1.807, 2.05) is 18.2 Å². The van der Waals surface area contributed by atoms with E-state index >= 15 is 0 Å². The molecule has 0 fully saturated rings. The van der Waals surface area contributed by atoms with Gasteiger partial charge in [0.05, 0.1) is 0 Å². The van der Waals surface area contributed by atoms with Crippen molar-refractivity contribution in [1.29, 1.82) is 0 Å². The summed E-state index contributed by atoms with van der Waals surface area (Å²) in [4.78, 5) is 2.40. The Morgan fingerprint density at radius 1 is 1.05 bits per heavy atom. The van der Waals surface area contributed by atoms with Gasteiger partial charge in [-0.25, -0.2) is 0 Å². The molecule has 0 radical (unpaired) electrons. The largest absolute Gasteiger partial charge is 0.384 e. The normalized spacial score (nSPS) is 12.8. The molecule has 1 aliphatic rings. The third-order valence-corrected chi connectivity index (χ3v) is 3.66. The highest BCUT2D eigenvalue weighted by molar-refractivity contribution is 5.58. The minimum atomic E-state index is -0.0963. The highest BCUT2D eigenvalue weighted by atomic mass is 16.2. The van der Waals surface area contributed by atoms with Crippen LogP contribution in [0.4, 0.5) is 5.69 Å². The maximum Gasteiger partial charge on any atom is 0.104 e. The van der Waals surface area contributed by atoms with Gasteiger partial charge in [0.1, 0.15) is 6.61 Å². The van der Waals surface area contributed by atoms with Crippen LogP contribution in [0.1, 0.15) is 16.7 Å². The first kappa shape index (κ1) is 12.8. The summed E-state index contributed by atoms with van der Waals surface area (Å²) in [6.07, 6.45) is 1.11. The van der Waals surface area contributed by atoms with Crippen LogP contribution in [0.25, 0.3) is 0 Å². The Morgan fingerprint density at radius 3 is 2.75 bits per heavy atom. The minimum Gasteiger partial charge on any atom is -0.384 e. The first-order chi connectivity index (χ1) is 9.88. The Morgan fingerprint density at radius 2 is 1.85 bits per heavy atom. The summed E-state index contributed by atoms with van der Waals surface area (Å²) in [6, 6.07) is 16.7. The van der Waals surface area contributed by atoms with Crippen molar-refractivity contribution in [2.45, 2.75) is 13.0 Å². The number of rotatable bonds is 2. The molecule has 0 unspecified atom stereocenters. The zero-order valence-electron chi connectivity index (χ0n) is 11.3. The zero-order valence-corrected chi connectivity index (χ0v) is 11.3. The number of aliphatic hydroxyl groups excluding tert-OH is 1. The van der Waals surface area contributed by atoms with Crippen LogP contribution in [-0.4, -0.2) is 18.3 Å². The third-order valence-electron chi connectivity index (χ3n) is 3.66. The Labute approximate surface area is 119 Å². The Hall–Kier alpha value is -2.24. The quantitative estimate of drug-likeness (QED) is 0.842. The van der Waals surface area contributed by atoms with Gasteiger partial charge in [-0.05, 0) is 29.7 Å². The molecule has 2 nitrogen and oxygen atoms in total. The molecule has 0 bridgehead atoms. The lowest BCUT2D eigenvalue weighted by atomic mass is 10.1. The van der Waals surface area contributed by atoms with Crippen LogP contribution >= 0.6 is 0 Å². The fraction of sp³-hybridized carbons (Fsp3) is 0.222. The Kier molecular flexibility index (Phi) is 3.71. The molecule has 0 saturated heterocycles. The van der Waals surface area contributed by atoms with E-state index in [0.29, 0.717) is 0 Å². The van der Waals surface area contributed by atoms with Crippen molar-refractivity contribution in [3.05, 3.63) is 65.2 Å². The molecule has 1 N–H and O–H groups in total. The van der Waals surface area contributed by atoms with Gasteiger partial charge in [-0.2, -0.15) is 0 Å². The number of benzene rings is 2. The molecule has 1 heterocycles. The lowest BCUT2D eigenvalue weighted by Gasteiger charge is -2.20. The van der Waals surface area contributed by atoms with Gasteiger partial charge in [-0.1, -0.05) is 48.2 Å². The zero-order chi connectivity index (χ0) is 13.8. The predicted molar refractivity (Wildman–Crippen MR) is 81.6 cm³/mol. The average Bonchev–Trinajstić information content (AvgIpc) is 2.90. The standard InChI is InChI=1S/C18H17NO/c20-13-5-9-15-6-1-2-8-17(15)14-19-12-11-16-7-3-4-10-18(16)19/h1-4,6-8,10,20H,11-14H2. The topological polar surface area (TPSA) is 23.5 Å². The highest BCUT2D eigenvalue weighted by Crippen LogP contribution is 2.29. The summed E-state index contributed by atoms with van der Waals surface area (Å²) in [5.74, 6) is 5.77. The van der Waals surface area contributed by atoms with Crippen LogP contribution in [0.15, 0.2) is 48.5 Å². The molecular formula is C18H17NO. The molecule has 0 aromatic heterocycles. The maximum atomic E-state index is 8.85. The van der Waals surface area contributed by atoms with Crippen molar-refractivity contribution in [2.24, 2.45) is 0 Å². The van der Waals surface area contributed by atoms with Crippen molar-refractivity contribution < 1.29 is 5.11 Å². The molecule has 0 atom stereocenters. The number of fused-ring (bicyclic) bond motifs is 1. The lowest BCUT2D eigenvalue weighted by Crippen LogP contribution is -2.20. The van der Waals surface area contributed by atoms with E-state index in [1.54, 1.807) is 0 Å². The molecule has 2 aromatic rings. The SMILES string of the molecule is OCC#Cc1ccccc1CN1CCc2ccccc21. The van der Waals surface area contributed by atoms with Crippen LogP contribution in [0, 0.1) is 11.8 Å². The van der Waals surface area contributed by atoms with E-state index in [9.17, 15) is 0 Å². The molecular weight excluding hydrogens is 246 g/mol. The average molecular weight is 263 g/mol. The van der Waals surface area contributed by atoms with Gasteiger partial charge in [0, 0.05) is 24.3 Å². The first-order valence-electron chi connectivity index (χ1n) is 6.89. The molecule has 100 valence electrons. The van der Waals surface area contributed by atoms with Crippen LogP contribution in [0.3, 0.4) is 0 Å². The smallest absolute Gasteiger partial charge is 0.104 e. The number of hydrogen-bond donors (Lipinski definition) is 1. The Bertz CT molecular complexity index is 666. The van der Waals surface area contributed by atoms with E-state index < -0.39 is 0 Å². The van der Waals surface area contributed by atoms with E-state index in [1.165, 1.54) is 16.8 Å². The van der Waals surface area contributed by atoms with Crippen molar-refractivity contribution in [3.63, 3.8) is 0 Å². The van der Waals surface area contributed by atoms with Crippen molar-refractivity contribution in [2.75, 3.05) is 18.1 Å². The van der Waals surface area contributed by atoms with Gasteiger partial charge in [-0.15, -0.1) is 0 Å². The monoisotopic (exact) mass is 263 g/mol. The van der Waals surface area contributed by atoms with Crippen molar-refractivity contribution in [1.82, 2.24) is 0 Å². The second kappa shape index (κ2) is 5.81. The second-order valence-electron chi connectivity index (χ2n) is 4.92. The van der Waals surface area contributed by atoms with Crippen LogP contribution < -0.4 is 4.90 Å². The molecule has 0 saturated carbocycles. The molecule has 2 aromatic carbocycles. The number of nitrogens with zero attached hydrogens (tertiary/aromatic N) is 1. The fourth-order valence-electron chi connectivity index (χ4n) is 2.69. The van der Waals surface area contributed by atoms with Gasteiger partial charge in [0.15, 0.2) is 0 Å². The third kappa shape index (κ3) is 2.54. The van der Waals surface area contributed by atoms with E-state index in [0.717, 1.165) is 25.1 Å². The molecule has 3 rings (SSSR count). The van der Waals surface area contributed by atoms with Crippen LogP contribution in [-0.2, 0) is 13.0 Å². The minimum absolute atomic E-state index is 0.0963. The van der Waals surface area contributed by atoms with Gasteiger partial charge in [-0.3, -0.25) is 0 Å². The molecule has 1 aliphatic heterocycles. The number of anilines is 1. The van der Waals surface area contributed by atoms with E-state index in [2.05, 4.69) is 47.1 Å². The van der Waals surface area contributed by atoms with Crippen LogP contribution in [0.5, 0.6) is 0 Å². The molecule has 0 aliphatic carbocycles. The van der Waals surface area contributed by atoms with Gasteiger partial charge >= 0.3 is 0 Å². The highest BCUT2D eigenvalue weighted by Gasteiger charge is 2.18. The summed E-state index contributed by atoms with van der Waals surface area (Å²) >= 11 is 0. The second-order valence-corrected chi connectivity index (χ2v) is 4.92. The molecule has 0 spiro atoms. The number of aliphatic hydroxyl groups is 1. The van der Waals surface area contributed by atoms with Gasteiger partial charge < -0.3 is 10.0 Å². The van der Waals surface area contributed by atoms with Crippen molar-refractivity contribution >= 4 is 5.69 Å². The number of para-hydroxylation sites is 1. The Balaban J connectivity index is 1.86. The van der Waals surface area contributed by atoms with E-state index in [-0.39, 0.29) is 6.61 Å². The fourth-order valence-corrected chi connectivity index (χ4v) is 2.69. The van der Waals surface area contributed by atoms with Crippen LogP contribution in [0.2, 0.25) is 0 Å². The van der Waals surface area contributed by atoms with E-state index in [4.69, 9.17) is 5.11 Å². The lowest BCUT2D eigenvalue weighted by molar-refractivity contribution is 0.350. The predicted octanol–water partition coefficient (Wildman–Crippen LogP) is 2.59. The number of hydrogen-bond acceptors (Lipinski definition) is 2. The van der Waals surface area contributed by atoms with Crippen molar-refractivity contribution in [3.8, 4) is 11.8 Å². The first-order valence-corrected chi connectivity index (χ1v) is 6.89. The summed E-state index contributed by atoms with van der Waals surface area (Å²) in [7, 11) is 0. The van der Waals surface area contributed by atoms with Gasteiger partial charge in [0.25, 0.3) is 0 Å². The molecule has 0 amide bonds. The summed E-state index contributed by atoms with van der Waals surface area (Å²) in [5, 5.41) is 8.85. The van der Waals surface area contributed by atoms with Gasteiger partial charge in [0.2, 0.25) is 0 Å². The summed E-state index contributed by atoms with van der Waals surface area (Å²) in [6.45, 7) is 1.83. The maximum absolute atomic E-state index is 8.85. The molecule has 2 heteroatoms. The summed E-state index contributed by atoms with van der Waals surface area (Å²) in [5.41, 5.74) is 4.97. The molecule has 20 heavy (non-hydrogen) atoms.